The summed E-state index contributed by atoms with van der Waals surface area (Å²) in [5, 5.41) is 6.65. The summed E-state index contributed by atoms with van der Waals surface area (Å²) in [4.78, 5) is 13.6. The van der Waals surface area contributed by atoms with Crippen LogP contribution in [0.3, 0.4) is 0 Å². The molecule has 0 radical (unpaired) electrons. The van der Waals surface area contributed by atoms with E-state index in [9.17, 15) is 13.6 Å². The summed E-state index contributed by atoms with van der Waals surface area (Å²) in [7, 11) is 0. The van der Waals surface area contributed by atoms with Crippen molar-refractivity contribution in [2.45, 2.75) is 30.8 Å². The summed E-state index contributed by atoms with van der Waals surface area (Å²) >= 11 is 1.49. The van der Waals surface area contributed by atoms with Crippen molar-refractivity contribution < 1.29 is 27.6 Å². The summed E-state index contributed by atoms with van der Waals surface area (Å²) in [6, 6.07) is 11.2. The van der Waals surface area contributed by atoms with Gasteiger partial charge in [-0.15, -0.1) is 20.5 Å². The van der Waals surface area contributed by atoms with Crippen LogP contribution in [0.15, 0.2) is 51.9 Å². The van der Waals surface area contributed by atoms with Crippen LogP contribution in [-0.2, 0) is 5.75 Å². The van der Waals surface area contributed by atoms with E-state index in [0.29, 0.717) is 17.0 Å². The van der Waals surface area contributed by atoms with E-state index < -0.39 is 6.29 Å². The van der Waals surface area contributed by atoms with Gasteiger partial charge in [0.1, 0.15) is 5.76 Å². The van der Waals surface area contributed by atoms with Gasteiger partial charge in [0, 0.05) is 28.0 Å². The minimum absolute atomic E-state index is 0.0802. The molecule has 1 aliphatic rings. The number of thioether (sulfide) groups is 1. The van der Waals surface area contributed by atoms with Crippen LogP contribution in [-0.4, -0.2) is 17.4 Å². The SMILES string of the molecule is Cc1noc(C)c1CSc1ccccc1C(=O)Nc1ccc2c(c1)OC(F)(F)O2. The van der Waals surface area contributed by atoms with Gasteiger partial charge < -0.3 is 19.3 Å². The number of aromatic nitrogens is 1. The first-order valence-electron chi connectivity index (χ1n) is 8.67. The highest BCUT2D eigenvalue weighted by atomic mass is 32.2. The lowest BCUT2D eigenvalue weighted by Crippen LogP contribution is -2.25. The van der Waals surface area contributed by atoms with Crippen LogP contribution >= 0.6 is 11.8 Å². The predicted octanol–water partition coefficient (Wildman–Crippen LogP) is 5.16. The molecular weight excluding hydrogens is 402 g/mol. The number of aryl methyl sites for hydroxylation is 2. The number of halogens is 2. The molecule has 9 heteroatoms. The van der Waals surface area contributed by atoms with Gasteiger partial charge >= 0.3 is 6.29 Å². The van der Waals surface area contributed by atoms with Crippen LogP contribution in [0, 0.1) is 13.8 Å². The van der Waals surface area contributed by atoms with Gasteiger partial charge in [-0.25, -0.2) is 0 Å². The number of fused-ring (bicyclic) bond motifs is 1. The summed E-state index contributed by atoms with van der Waals surface area (Å²) in [6.45, 7) is 3.71. The number of amides is 1. The zero-order valence-corrected chi connectivity index (χ0v) is 16.3. The molecule has 0 unspecified atom stereocenters. The number of hydrogen-bond donors (Lipinski definition) is 1. The number of carbonyl (C=O) groups excluding carboxylic acids is 1. The third kappa shape index (κ3) is 4.04. The number of hydrogen-bond acceptors (Lipinski definition) is 6. The molecule has 0 spiro atoms. The van der Waals surface area contributed by atoms with Crippen molar-refractivity contribution >= 4 is 23.4 Å². The molecule has 0 saturated heterocycles. The highest BCUT2D eigenvalue weighted by molar-refractivity contribution is 7.98. The lowest BCUT2D eigenvalue weighted by molar-refractivity contribution is -0.286. The summed E-state index contributed by atoms with van der Waals surface area (Å²) < 4.78 is 40.3. The quantitative estimate of drug-likeness (QED) is 0.577. The molecule has 0 atom stereocenters. The zero-order chi connectivity index (χ0) is 20.6. The van der Waals surface area contributed by atoms with E-state index >= 15 is 0 Å². The average molecular weight is 418 g/mol. The Morgan fingerprint density at radius 3 is 2.66 bits per heavy atom. The zero-order valence-electron chi connectivity index (χ0n) is 15.5. The van der Waals surface area contributed by atoms with Crippen molar-refractivity contribution in [2.24, 2.45) is 0 Å². The van der Waals surface area contributed by atoms with E-state index in [4.69, 9.17) is 4.52 Å². The van der Waals surface area contributed by atoms with Gasteiger partial charge in [0.2, 0.25) is 0 Å². The molecule has 0 bridgehead atoms. The Morgan fingerprint density at radius 2 is 1.90 bits per heavy atom. The third-order valence-corrected chi connectivity index (χ3v) is 5.44. The van der Waals surface area contributed by atoms with E-state index in [-0.39, 0.29) is 17.4 Å². The molecule has 29 heavy (non-hydrogen) atoms. The molecule has 150 valence electrons. The Hall–Kier alpha value is -3.07. The van der Waals surface area contributed by atoms with Crippen molar-refractivity contribution in [1.29, 1.82) is 0 Å². The van der Waals surface area contributed by atoms with Crippen molar-refractivity contribution in [1.82, 2.24) is 5.16 Å². The van der Waals surface area contributed by atoms with Crippen molar-refractivity contribution in [3.05, 3.63) is 65.0 Å². The van der Waals surface area contributed by atoms with Crippen LogP contribution in [0.2, 0.25) is 0 Å². The van der Waals surface area contributed by atoms with Gasteiger partial charge in [0.05, 0.1) is 11.3 Å². The summed E-state index contributed by atoms with van der Waals surface area (Å²) in [6.07, 6.45) is -3.70. The van der Waals surface area contributed by atoms with Crippen molar-refractivity contribution in [2.75, 3.05) is 5.32 Å². The molecule has 1 N–H and O–H groups in total. The van der Waals surface area contributed by atoms with Crippen LogP contribution < -0.4 is 14.8 Å². The number of nitrogens with zero attached hydrogens (tertiary/aromatic N) is 1. The van der Waals surface area contributed by atoms with Gasteiger partial charge in [0.15, 0.2) is 11.5 Å². The molecule has 0 saturated carbocycles. The maximum Gasteiger partial charge on any atom is 0.586 e. The Bertz CT molecular complexity index is 1060. The minimum atomic E-state index is -3.70. The average Bonchev–Trinajstić information content (AvgIpc) is 3.16. The maximum atomic E-state index is 13.2. The van der Waals surface area contributed by atoms with Gasteiger partial charge in [-0.1, -0.05) is 17.3 Å². The standard InChI is InChI=1S/C20H16F2N2O4S/c1-11-15(12(2)28-24-11)10-29-18-6-4-3-5-14(18)19(25)23-13-7-8-16-17(9-13)27-20(21,22)26-16/h3-9H,10H2,1-2H3,(H,23,25). The number of ether oxygens (including phenoxy) is 2. The number of nitrogens with one attached hydrogen (secondary N) is 1. The van der Waals surface area contributed by atoms with E-state index in [1.165, 1.54) is 30.0 Å². The third-order valence-electron chi connectivity index (χ3n) is 4.34. The van der Waals surface area contributed by atoms with Gasteiger partial charge in [-0.05, 0) is 38.1 Å². The lowest BCUT2D eigenvalue weighted by atomic mass is 10.2. The lowest BCUT2D eigenvalue weighted by Gasteiger charge is -2.10. The monoisotopic (exact) mass is 418 g/mol. The molecule has 2 heterocycles. The fourth-order valence-electron chi connectivity index (χ4n) is 2.86. The molecule has 1 amide bonds. The molecule has 4 rings (SSSR count). The largest absolute Gasteiger partial charge is 0.586 e. The van der Waals surface area contributed by atoms with E-state index in [0.717, 1.165) is 21.9 Å². The molecule has 2 aromatic carbocycles. The van der Waals surface area contributed by atoms with E-state index in [2.05, 4.69) is 19.9 Å². The highest BCUT2D eigenvalue weighted by Gasteiger charge is 2.43. The van der Waals surface area contributed by atoms with Crippen molar-refractivity contribution in [3.8, 4) is 11.5 Å². The summed E-state index contributed by atoms with van der Waals surface area (Å²) in [5.41, 5.74) is 2.59. The first-order chi connectivity index (χ1) is 13.8. The summed E-state index contributed by atoms with van der Waals surface area (Å²) in [5.74, 6) is 0.772. The Balaban J connectivity index is 1.50. The maximum absolute atomic E-state index is 13.2. The molecular formula is C20H16F2N2O4S. The second-order valence-corrected chi connectivity index (χ2v) is 7.39. The second-order valence-electron chi connectivity index (χ2n) is 6.37. The van der Waals surface area contributed by atoms with Crippen LogP contribution in [0.25, 0.3) is 0 Å². The molecule has 0 fully saturated rings. The van der Waals surface area contributed by atoms with Crippen molar-refractivity contribution in [3.63, 3.8) is 0 Å². The highest BCUT2D eigenvalue weighted by Crippen LogP contribution is 2.42. The molecule has 3 aromatic rings. The topological polar surface area (TPSA) is 73.6 Å². The second kappa shape index (κ2) is 7.40. The number of anilines is 1. The molecule has 6 nitrogen and oxygen atoms in total. The Labute approximate surface area is 169 Å². The number of alkyl halides is 2. The van der Waals surface area contributed by atoms with Crippen LogP contribution in [0.4, 0.5) is 14.5 Å². The van der Waals surface area contributed by atoms with E-state index in [1.807, 2.05) is 26.0 Å². The number of benzene rings is 2. The van der Waals surface area contributed by atoms with Crippen LogP contribution in [0.5, 0.6) is 11.5 Å². The first-order valence-corrected chi connectivity index (χ1v) is 9.66. The van der Waals surface area contributed by atoms with Gasteiger partial charge in [0.25, 0.3) is 5.91 Å². The first kappa shape index (κ1) is 19.3. The normalized spacial score (nSPS) is 14.1. The van der Waals surface area contributed by atoms with Gasteiger partial charge in [-0.3, -0.25) is 4.79 Å². The fraction of sp³-hybridized carbons (Fsp3) is 0.200. The molecule has 0 aliphatic carbocycles. The Morgan fingerprint density at radius 1 is 1.14 bits per heavy atom. The molecule has 1 aliphatic heterocycles. The number of rotatable bonds is 5. The minimum Gasteiger partial charge on any atom is -0.395 e. The fourth-order valence-corrected chi connectivity index (χ4v) is 4.07. The van der Waals surface area contributed by atoms with Gasteiger partial charge in [-0.2, -0.15) is 0 Å². The predicted molar refractivity (Wildman–Crippen MR) is 103 cm³/mol. The van der Waals surface area contributed by atoms with E-state index in [1.54, 1.807) is 12.1 Å². The number of carbonyl (C=O) groups is 1. The van der Waals surface area contributed by atoms with Crippen LogP contribution in [0.1, 0.15) is 27.4 Å². The Kier molecular flexibility index (Phi) is 4.91. The molecule has 1 aromatic heterocycles. The smallest absolute Gasteiger partial charge is 0.395 e.